The molecule has 134 valence electrons. The molecule has 0 aliphatic rings. The number of nitrogens with two attached hydrogens (primary N) is 1. The van der Waals surface area contributed by atoms with Gasteiger partial charge < -0.3 is 16.3 Å². The monoisotopic (exact) mass is 378 g/mol. The Morgan fingerprint density at radius 2 is 1.74 bits per heavy atom. The van der Waals surface area contributed by atoms with E-state index < -0.39 is 0 Å². The zero-order valence-corrected chi connectivity index (χ0v) is 14.8. The van der Waals surface area contributed by atoms with E-state index in [9.17, 15) is 10.0 Å². The minimum absolute atomic E-state index is 0.232. The van der Waals surface area contributed by atoms with E-state index in [0.717, 1.165) is 4.73 Å². The molecule has 1 aromatic heterocycles. The first-order valence-electron chi connectivity index (χ1n) is 8.16. The summed E-state index contributed by atoms with van der Waals surface area (Å²) in [6.45, 7) is 0. The third kappa shape index (κ3) is 3.30. The quantitative estimate of drug-likeness (QED) is 0.363. The van der Waals surface area contributed by atoms with E-state index in [0.29, 0.717) is 44.4 Å². The van der Waals surface area contributed by atoms with Crippen molar-refractivity contribution in [2.24, 2.45) is 0 Å². The average Bonchev–Trinajstić information content (AvgIpc) is 2.99. The molecule has 0 saturated heterocycles. The van der Waals surface area contributed by atoms with Crippen molar-refractivity contribution in [2.45, 2.75) is 0 Å². The Morgan fingerprint density at radius 1 is 1.04 bits per heavy atom. The van der Waals surface area contributed by atoms with Crippen molar-refractivity contribution < 1.29 is 10.0 Å². The summed E-state index contributed by atoms with van der Waals surface area (Å²) in [5, 5.41) is 13.8. The number of fused-ring (bicyclic) bond motifs is 1. The second kappa shape index (κ2) is 6.66. The van der Waals surface area contributed by atoms with Crippen LogP contribution in [-0.4, -0.2) is 20.8 Å². The van der Waals surface area contributed by atoms with Gasteiger partial charge in [0.05, 0.1) is 5.52 Å². The minimum Gasteiger partial charge on any atom is -0.426 e. The summed E-state index contributed by atoms with van der Waals surface area (Å²) in [5.74, 6) is 0.162. The van der Waals surface area contributed by atoms with Crippen molar-refractivity contribution in [1.29, 1.82) is 0 Å². The summed E-state index contributed by atoms with van der Waals surface area (Å²) < 4.78 is 1.01. The molecule has 3 aromatic carbocycles. The summed E-state index contributed by atoms with van der Waals surface area (Å²) in [4.78, 5) is 16.7. The molecule has 27 heavy (non-hydrogen) atoms. The van der Waals surface area contributed by atoms with Gasteiger partial charge in [0.15, 0.2) is 5.82 Å². The van der Waals surface area contributed by atoms with Gasteiger partial charge in [0, 0.05) is 27.5 Å². The zero-order valence-electron chi connectivity index (χ0n) is 14.1. The average molecular weight is 379 g/mol. The number of rotatable bonds is 3. The summed E-state index contributed by atoms with van der Waals surface area (Å²) in [7, 11) is 0. The van der Waals surface area contributed by atoms with Gasteiger partial charge in [-0.2, -0.15) is 4.73 Å². The third-order valence-electron chi connectivity index (χ3n) is 4.16. The van der Waals surface area contributed by atoms with Crippen LogP contribution in [0.4, 0.5) is 11.4 Å². The van der Waals surface area contributed by atoms with Gasteiger partial charge in [-0.15, -0.1) is 0 Å². The Hall–Kier alpha value is -3.51. The third-order valence-corrected chi connectivity index (χ3v) is 4.41. The van der Waals surface area contributed by atoms with Crippen molar-refractivity contribution in [3.05, 3.63) is 77.3 Å². The molecular weight excluding hydrogens is 364 g/mol. The van der Waals surface area contributed by atoms with Crippen LogP contribution in [0.25, 0.3) is 22.4 Å². The molecule has 0 fully saturated rings. The molecule has 1 heterocycles. The SMILES string of the molecule is Nc1ccc2nc(-c3ccc(NC(=O)c4ccc(Cl)cc4)cc3)n(O)c2c1. The highest BCUT2D eigenvalue weighted by molar-refractivity contribution is 6.30. The van der Waals surface area contributed by atoms with Crippen LogP contribution in [0.3, 0.4) is 0 Å². The maximum atomic E-state index is 12.3. The van der Waals surface area contributed by atoms with Gasteiger partial charge in [-0.05, 0) is 66.7 Å². The number of hydrogen-bond acceptors (Lipinski definition) is 4. The normalized spacial score (nSPS) is 10.9. The van der Waals surface area contributed by atoms with Gasteiger partial charge in [0.25, 0.3) is 5.91 Å². The summed E-state index contributed by atoms with van der Waals surface area (Å²) in [6, 6.07) is 18.8. The first kappa shape index (κ1) is 16.9. The maximum Gasteiger partial charge on any atom is 0.255 e. The number of anilines is 2. The number of halogens is 1. The molecule has 1 amide bonds. The number of amides is 1. The standard InChI is InChI=1S/C20H15ClN4O2/c21-14-5-1-13(2-6-14)20(26)23-16-8-3-12(4-9-16)19-24-17-10-7-15(22)11-18(17)25(19)27/h1-11,27H,22H2,(H,23,26). The zero-order chi connectivity index (χ0) is 19.0. The van der Waals surface area contributed by atoms with Gasteiger partial charge in [-0.25, -0.2) is 4.98 Å². The van der Waals surface area contributed by atoms with Crippen molar-refractivity contribution in [2.75, 3.05) is 11.1 Å². The number of imidazole rings is 1. The van der Waals surface area contributed by atoms with Crippen molar-refractivity contribution in [3.63, 3.8) is 0 Å². The van der Waals surface area contributed by atoms with Crippen molar-refractivity contribution in [1.82, 2.24) is 9.71 Å². The van der Waals surface area contributed by atoms with E-state index in [4.69, 9.17) is 17.3 Å². The fourth-order valence-corrected chi connectivity index (χ4v) is 2.90. The number of carbonyl (C=O) groups is 1. The van der Waals surface area contributed by atoms with Crippen LogP contribution in [0, 0.1) is 0 Å². The summed E-state index contributed by atoms with van der Waals surface area (Å²) >= 11 is 5.84. The van der Waals surface area contributed by atoms with Crippen LogP contribution in [0.2, 0.25) is 5.02 Å². The number of nitrogen functional groups attached to an aromatic ring is 1. The summed E-state index contributed by atoms with van der Waals surface area (Å²) in [6.07, 6.45) is 0. The van der Waals surface area contributed by atoms with Gasteiger partial charge >= 0.3 is 0 Å². The Bertz CT molecular complexity index is 1140. The lowest BCUT2D eigenvalue weighted by molar-refractivity contribution is 0.102. The Morgan fingerprint density at radius 3 is 2.44 bits per heavy atom. The van der Waals surface area contributed by atoms with E-state index >= 15 is 0 Å². The van der Waals surface area contributed by atoms with Gasteiger partial charge in [0.1, 0.15) is 5.52 Å². The van der Waals surface area contributed by atoms with E-state index in [-0.39, 0.29) is 5.91 Å². The molecule has 0 aliphatic carbocycles. The molecule has 0 spiro atoms. The number of nitrogens with zero attached hydrogens (tertiary/aromatic N) is 2. The lowest BCUT2D eigenvalue weighted by atomic mass is 10.1. The highest BCUT2D eigenvalue weighted by Crippen LogP contribution is 2.26. The van der Waals surface area contributed by atoms with Crippen molar-refractivity contribution in [3.8, 4) is 11.4 Å². The molecule has 0 unspecified atom stereocenters. The topological polar surface area (TPSA) is 93.2 Å². The van der Waals surface area contributed by atoms with Crippen LogP contribution in [0.5, 0.6) is 0 Å². The smallest absolute Gasteiger partial charge is 0.255 e. The van der Waals surface area contributed by atoms with Gasteiger partial charge in [-0.1, -0.05) is 11.6 Å². The second-order valence-corrected chi connectivity index (χ2v) is 6.47. The van der Waals surface area contributed by atoms with Crippen LogP contribution >= 0.6 is 11.6 Å². The molecule has 0 aliphatic heterocycles. The molecule has 0 bridgehead atoms. The second-order valence-electron chi connectivity index (χ2n) is 6.03. The molecule has 4 aromatic rings. The Labute approximate surface area is 159 Å². The molecule has 0 atom stereocenters. The fraction of sp³-hybridized carbons (Fsp3) is 0. The van der Waals surface area contributed by atoms with E-state index in [1.165, 1.54) is 0 Å². The molecular formula is C20H15ClN4O2. The number of hydrogen-bond donors (Lipinski definition) is 3. The number of aromatic nitrogens is 2. The fourth-order valence-electron chi connectivity index (χ4n) is 2.77. The van der Waals surface area contributed by atoms with Gasteiger partial charge in [-0.3, -0.25) is 4.79 Å². The first-order valence-corrected chi connectivity index (χ1v) is 8.53. The predicted molar refractivity (Wildman–Crippen MR) is 106 cm³/mol. The molecule has 4 rings (SSSR count). The van der Waals surface area contributed by atoms with Crippen LogP contribution in [0.1, 0.15) is 10.4 Å². The highest BCUT2D eigenvalue weighted by Gasteiger charge is 2.13. The minimum atomic E-state index is -0.232. The molecule has 4 N–H and O–H groups in total. The molecule has 6 nitrogen and oxygen atoms in total. The van der Waals surface area contributed by atoms with E-state index in [1.807, 2.05) is 0 Å². The van der Waals surface area contributed by atoms with Crippen LogP contribution in [-0.2, 0) is 0 Å². The first-order chi connectivity index (χ1) is 13.0. The Balaban J connectivity index is 1.58. The molecule has 7 heteroatoms. The van der Waals surface area contributed by atoms with E-state index in [2.05, 4.69) is 10.3 Å². The predicted octanol–water partition coefficient (Wildman–Crippen LogP) is 4.43. The lowest BCUT2D eigenvalue weighted by Gasteiger charge is -2.07. The lowest BCUT2D eigenvalue weighted by Crippen LogP contribution is -2.11. The number of benzene rings is 3. The number of carbonyl (C=O) groups excluding carboxylic acids is 1. The van der Waals surface area contributed by atoms with Crippen LogP contribution in [0.15, 0.2) is 66.7 Å². The Kier molecular flexibility index (Phi) is 4.18. The van der Waals surface area contributed by atoms with Gasteiger partial charge in [0.2, 0.25) is 0 Å². The maximum absolute atomic E-state index is 12.3. The summed E-state index contributed by atoms with van der Waals surface area (Å²) in [5.41, 5.74) is 9.33. The van der Waals surface area contributed by atoms with Crippen LogP contribution < -0.4 is 11.1 Å². The molecule has 0 radical (unpaired) electrons. The number of nitrogens with one attached hydrogen (secondary N) is 1. The largest absolute Gasteiger partial charge is 0.426 e. The molecule has 0 saturated carbocycles. The van der Waals surface area contributed by atoms with E-state index in [1.54, 1.807) is 66.7 Å². The highest BCUT2D eigenvalue weighted by atomic mass is 35.5. The van der Waals surface area contributed by atoms with Crippen molar-refractivity contribution >= 4 is 39.9 Å².